The highest BCUT2D eigenvalue weighted by Crippen LogP contribution is 2.55. The van der Waals surface area contributed by atoms with E-state index in [9.17, 15) is 4.79 Å². The van der Waals surface area contributed by atoms with E-state index in [1.807, 2.05) is 0 Å². The van der Waals surface area contributed by atoms with Gasteiger partial charge < -0.3 is 0 Å². The molecular formula is C14H22O. The van der Waals surface area contributed by atoms with Crippen LogP contribution in [0, 0.1) is 16.7 Å². The van der Waals surface area contributed by atoms with Crippen molar-refractivity contribution in [2.24, 2.45) is 16.7 Å². The number of hydrogen-bond acceptors (Lipinski definition) is 1. The Balaban J connectivity index is 2.28. The predicted molar refractivity (Wildman–Crippen MR) is 62.6 cm³/mol. The first-order valence-corrected chi connectivity index (χ1v) is 6.10. The summed E-state index contributed by atoms with van der Waals surface area (Å²) in [6.45, 7) is 10.7. The molecule has 15 heavy (non-hydrogen) atoms. The fourth-order valence-electron chi connectivity index (χ4n) is 3.42. The third-order valence-corrected chi connectivity index (χ3v) is 4.45. The van der Waals surface area contributed by atoms with Crippen LogP contribution in [0.1, 0.15) is 52.9 Å². The SMILES string of the molecule is C=C1CCC[C@]12CC[C@@H](C(C)(C)C)C2=O. The topological polar surface area (TPSA) is 17.1 Å². The molecule has 2 atom stereocenters. The summed E-state index contributed by atoms with van der Waals surface area (Å²) in [5.41, 5.74) is 1.25. The molecule has 2 rings (SSSR count). The molecule has 0 unspecified atom stereocenters. The largest absolute Gasteiger partial charge is 0.298 e. The maximum atomic E-state index is 12.5. The van der Waals surface area contributed by atoms with Crippen LogP contribution in [0.4, 0.5) is 0 Å². The fraction of sp³-hybridized carbons (Fsp3) is 0.786. The van der Waals surface area contributed by atoms with E-state index in [0.717, 1.165) is 25.7 Å². The molecule has 0 bridgehead atoms. The Morgan fingerprint density at radius 3 is 2.40 bits per heavy atom. The predicted octanol–water partition coefficient (Wildman–Crippen LogP) is 3.74. The van der Waals surface area contributed by atoms with E-state index < -0.39 is 0 Å². The van der Waals surface area contributed by atoms with Gasteiger partial charge in [0.25, 0.3) is 0 Å². The Hall–Kier alpha value is -0.590. The van der Waals surface area contributed by atoms with Crippen molar-refractivity contribution in [3.05, 3.63) is 12.2 Å². The van der Waals surface area contributed by atoms with Crippen LogP contribution >= 0.6 is 0 Å². The fourth-order valence-corrected chi connectivity index (χ4v) is 3.42. The molecule has 0 aromatic heterocycles. The zero-order valence-electron chi connectivity index (χ0n) is 10.2. The molecule has 2 aliphatic rings. The number of hydrogen-bond donors (Lipinski definition) is 0. The lowest BCUT2D eigenvalue weighted by atomic mass is 9.74. The lowest BCUT2D eigenvalue weighted by Crippen LogP contribution is -2.32. The van der Waals surface area contributed by atoms with E-state index in [1.165, 1.54) is 12.0 Å². The first kappa shape index (κ1) is 10.9. The highest BCUT2D eigenvalue weighted by molar-refractivity contribution is 5.92. The Morgan fingerprint density at radius 2 is 2.00 bits per heavy atom. The van der Waals surface area contributed by atoms with Gasteiger partial charge in [-0.1, -0.05) is 32.9 Å². The Morgan fingerprint density at radius 1 is 1.33 bits per heavy atom. The summed E-state index contributed by atoms with van der Waals surface area (Å²) in [4.78, 5) is 12.5. The van der Waals surface area contributed by atoms with Gasteiger partial charge in [-0.05, 0) is 37.5 Å². The van der Waals surface area contributed by atoms with Crippen molar-refractivity contribution in [2.45, 2.75) is 52.9 Å². The molecule has 0 aliphatic heterocycles. The summed E-state index contributed by atoms with van der Waals surface area (Å²) in [5, 5.41) is 0. The molecule has 0 N–H and O–H groups in total. The third kappa shape index (κ3) is 1.47. The van der Waals surface area contributed by atoms with Gasteiger partial charge in [0.05, 0.1) is 0 Å². The van der Waals surface area contributed by atoms with Crippen molar-refractivity contribution < 1.29 is 4.79 Å². The molecule has 1 nitrogen and oxygen atoms in total. The summed E-state index contributed by atoms with van der Waals surface area (Å²) in [6, 6.07) is 0. The van der Waals surface area contributed by atoms with E-state index in [2.05, 4.69) is 27.4 Å². The zero-order valence-corrected chi connectivity index (χ0v) is 10.2. The normalized spacial score (nSPS) is 36.9. The summed E-state index contributed by atoms with van der Waals surface area (Å²) in [5.74, 6) is 0.754. The number of ketones is 1. The second-order valence-corrected chi connectivity index (χ2v) is 6.36. The first-order valence-electron chi connectivity index (χ1n) is 6.10. The molecule has 2 aliphatic carbocycles. The average Bonchev–Trinajstić information content (AvgIpc) is 2.61. The Kier molecular flexibility index (Phi) is 2.33. The van der Waals surface area contributed by atoms with Gasteiger partial charge >= 0.3 is 0 Å². The lowest BCUT2D eigenvalue weighted by Gasteiger charge is -2.29. The Bertz CT molecular complexity index is 308. The smallest absolute Gasteiger partial charge is 0.146 e. The molecule has 0 aromatic carbocycles. The average molecular weight is 206 g/mol. The van der Waals surface area contributed by atoms with Gasteiger partial charge in [-0.3, -0.25) is 4.79 Å². The van der Waals surface area contributed by atoms with Crippen molar-refractivity contribution in [3.8, 4) is 0 Å². The third-order valence-electron chi connectivity index (χ3n) is 4.45. The van der Waals surface area contributed by atoms with E-state index in [-0.39, 0.29) is 16.7 Å². The molecule has 2 saturated carbocycles. The van der Waals surface area contributed by atoms with E-state index in [1.54, 1.807) is 0 Å². The molecule has 84 valence electrons. The van der Waals surface area contributed by atoms with Gasteiger partial charge in [0.2, 0.25) is 0 Å². The molecule has 2 fully saturated rings. The number of Topliss-reactive ketones (excluding diaryl/α,β-unsaturated/α-hetero) is 1. The van der Waals surface area contributed by atoms with Gasteiger partial charge in [0, 0.05) is 11.3 Å². The second-order valence-electron chi connectivity index (χ2n) is 6.36. The molecule has 0 radical (unpaired) electrons. The minimum absolute atomic E-state index is 0.0993. The molecule has 0 heterocycles. The van der Waals surface area contributed by atoms with Crippen LogP contribution in [-0.2, 0) is 4.79 Å². The lowest BCUT2D eigenvalue weighted by molar-refractivity contribution is -0.129. The maximum absolute atomic E-state index is 12.5. The van der Waals surface area contributed by atoms with Gasteiger partial charge in [0.15, 0.2) is 0 Å². The monoisotopic (exact) mass is 206 g/mol. The standard InChI is InChI=1S/C14H22O/c1-10-6-5-8-14(10)9-7-11(12(14)15)13(2,3)4/h11H,1,5-9H2,2-4H3/t11-,14+/m1/s1. The Labute approximate surface area is 92.9 Å². The van der Waals surface area contributed by atoms with Gasteiger partial charge in [-0.2, -0.15) is 0 Å². The zero-order chi connectivity index (χ0) is 11.3. The van der Waals surface area contributed by atoms with E-state index in [0.29, 0.717) is 5.78 Å². The van der Waals surface area contributed by atoms with Crippen LogP contribution in [0.25, 0.3) is 0 Å². The van der Waals surface area contributed by atoms with Crippen LogP contribution in [-0.4, -0.2) is 5.78 Å². The highest BCUT2D eigenvalue weighted by atomic mass is 16.1. The molecule has 0 saturated heterocycles. The van der Waals surface area contributed by atoms with Crippen molar-refractivity contribution in [2.75, 3.05) is 0 Å². The summed E-state index contributed by atoms with van der Waals surface area (Å²) in [6.07, 6.45) is 5.44. The second kappa shape index (κ2) is 3.20. The number of carbonyl (C=O) groups is 1. The quantitative estimate of drug-likeness (QED) is 0.552. The van der Waals surface area contributed by atoms with Gasteiger partial charge in [0.1, 0.15) is 5.78 Å². The summed E-state index contributed by atoms with van der Waals surface area (Å²) in [7, 11) is 0. The summed E-state index contributed by atoms with van der Waals surface area (Å²) >= 11 is 0. The van der Waals surface area contributed by atoms with Crippen molar-refractivity contribution in [3.63, 3.8) is 0 Å². The highest BCUT2D eigenvalue weighted by Gasteiger charge is 2.53. The minimum atomic E-state index is -0.0993. The van der Waals surface area contributed by atoms with Crippen LogP contribution < -0.4 is 0 Å². The van der Waals surface area contributed by atoms with Crippen molar-refractivity contribution >= 4 is 5.78 Å². The first-order chi connectivity index (χ1) is 6.88. The molecule has 1 spiro atoms. The van der Waals surface area contributed by atoms with Crippen LogP contribution in [0.5, 0.6) is 0 Å². The van der Waals surface area contributed by atoms with Crippen LogP contribution in [0.2, 0.25) is 0 Å². The van der Waals surface area contributed by atoms with E-state index in [4.69, 9.17) is 0 Å². The molecule has 0 aromatic rings. The number of carbonyl (C=O) groups excluding carboxylic acids is 1. The number of allylic oxidation sites excluding steroid dienone is 1. The molecular weight excluding hydrogens is 184 g/mol. The van der Waals surface area contributed by atoms with E-state index >= 15 is 0 Å². The number of rotatable bonds is 0. The molecule has 0 amide bonds. The van der Waals surface area contributed by atoms with Crippen molar-refractivity contribution in [1.29, 1.82) is 0 Å². The van der Waals surface area contributed by atoms with Crippen molar-refractivity contribution in [1.82, 2.24) is 0 Å². The molecule has 1 heteroatoms. The summed E-state index contributed by atoms with van der Waals surface area (Å²) < 4.78 is 0. The van der Waals surface area contributed by atoms with Crippen LogP contribution in [0.3, 0.4) is 0 Å². The van der Waals surface area contributed by atoms with Crippen LogP contribution in [0.15, 0.2) is 12.2 Å². The van der Waals surface area contributed by atoms with Gasteiger partial charge in [-0.25, -0.2) is 0 Å². The minimum Gasteiger partial charge on any atom is -0.298 e. The maximum Gasteiger partial charge on any atom is 0.146 e. The van der Waals surface area contributed by atoms with Gasteiger partial charge in [-0.15, -0.1) is 0 Å².